The van der Waals surface area contributed by atoms with Crippen molar-refractivity contribution in [2.45, 2.75) is 37.8 Å². The van der Waals surface area contributed by atoms with E-state index in [-0.39, 0.29) is 23.6 Å². The van der Waals surface area contributed by atoms with E-state index in [1.165, 1.54) is 12.1 Å². The summed E-state index contributed by atoms with van der Waals surface area (Å²) in [5.74, 6) is -0.920. The van der Waals surface area contributed by atoms with Gasteiger partial charge in [-0.2, -0.15) is 0 Å². The minimum absolute atomic E-state index is 0.0612. The second-order valence-corrected chi connectivity index (χ2v) is 5.92. The van der Waals surface area contributed by atoms with Crippen molar-refractivity contribution in [1.82, 2.24) is 5.32 Å². The Morgan fingerprint density at radius 1 is 1.30 bits per heavy atom. The molecule has 3 N–H and O–H groups in total. The Hall–Kier alpha value is -1.20. The molecule has 1 aromatic rings. The fourth-order valence-electron chi connectivity index (χ4n) is 3.20. The maximum Gasteiger partial charge on any atom is 0.131 e. The second-order valence-electron chi connectivity index (χ2n) is 5.92. The smallest absolute Gasteiger partial charge is 0.131 e. The van der Waals surface area contributed by atoms with E-state index < -0.39 is 11.6 Å². The molecule has 0 bridgehead atoms. The fraction of sp³-hybridized carbons (Fsp3) is 0.600. The number of hydrogen-bond acceptors (Lipinski definition) is 3. The number of nitrogens with two attached hydrogens (primary N) is 1. The molecule has 1 aromatic carbocycles. The lowest BCUT2D eigenvalue weighted by Gasteiger charge is -2.46. The summed E-state index contributed by atoms with van der Waals surface area (Å²) >= 11 is 0. The third-order valence-corrected chi connectivity index (χ3v) is 4.62. The predicted octanol–water partition coefficient (Wildman–Crippen LogP) is 1.97. The number of piperidine rings is 1. The predicted molar refractivity (Wildman–Crippen MR) is 76.0 cm³/mol. The van der Waals surface area contributed by atoms with Crippen LogP contribution in [0.4, 0.5) is 14.5 Å². The highest BCUT2D eigenvalue weighted by Crippen LogP contribution is 2.33. The van der Waals surface area contributed by atoms with Gasteiger partial charge in [-0.05, 0) is 38.4 Å². The zero-order valence-corrected chi connectivity index (χ0v) is 11.7. The molecule has 1 unspecified atom stereocenters. The van der Waals surface area contributed by atoms with Gasteiger partial charge in [0.2, 0.25) is 0 Å². The summed E-state index contributed by atoms with van der Waals surface area (Å²) in [5, 5.41) is 3.20. The first-order chi connectivity index (χ1) is 9.58. The standard InChI is InChI=1S/C15H21F2N3/c1-9-14(18)8-20(9)11-5-12(16)15(13(17)6-11)10-3-2-4-19-7-10/h5-6,9-10,14,19H,2-4,7-8,18H2,1H3/t9-,10?,14+/m1/s1. The van der Waals surface area contributed by atoms with Crippen LogP contribution in [0.5, 0.6) is 0 Å². The lowest BCUT2D eigenvalue weighted by molar-refractivity contribution is 0.400. The van der Waals surface area contributed by atoms with E-state index in [0.29, 0.717) is 18.8 Å². The van der Waals surface area contributed by atoms with Gasteiger partial charge in [-0.1, -0.05) is 0 Å². The number of nitrogens with zero attached hydrogens (tertiary/aromatic N) is 1. The Morgan fingerprint density at radius 3 is 2.50 bits per heavy atom. The van der Waals surface area contributed by atoms with Crippen LogP contribution in [-0.4, -0.2) is 31.7 Å². The normalized spacial score (nSPS) is 30.2. The Kier molecular flexibility index (Phi) is 3.65. The van der Waals surface area contributed by atoms with Crippen molar-refractivity contribution >= 4 is 5.69 Å². The first-order valence-electron chi connectivity index (χ1n) is 7.30. The molecule has 20 heavy (non-hydrogen) atoms. The molecule has 110 valence electrons. The molecule has 5 heteroatoms. The number of hydrogen-bond donors (Lipinski definition) is 2. The van der Waals surface area contributed by atoms with Crippen molar-refractivity contribution < 1.29 is 8.78 Å². The molecule has 0 spiro atoms. The number of nitrogens with one attached hydrogen (secondary N) is 1. The van der Waals surface area contributed by atoms with E-state index in [1.807, 2.05) is 11.8 Å². The summed E-state index contributed by atoms with van der Waals surface area (Å²) in [6.07, 6.45) is 1.80. The summed E-state index contributed by atoms with van der Waals surface area (Å²) in [5.41, 5.74) is 6.67. The Balaban J connectivity index is 1.86. The van der Waals surface area contributed by atoms with Gasteiger partial charge in [0, 0.05) is 42.3 Å². The van der Waals surface area contributed by atoms with Gasteiger partial charge >= 0.3 is 0 Å². The third kappa shape index (κ3) is 2.29. The van der Waals surface area contributed by atoms with Gasteiger partial charge in [0.15, 0.2) is 0 Å². The van der Waals surface area contributed by atoms with Crippen LogP contribution in [0.1, 0.15) is 31.2 Å². The largest absolute Gasteiger partial charge is 0.365 e. The molecule has 3 rings (SSSR count). The second kappa shape index (κ2) is 5.30. The highest BCUT2D eigenvalue weighted by Gasteiger charge is 2.34. The summed E-state index contributed by atoms with van der Waals surface area (Å²) in [6.45, 7) is 4.21. The van der Waals surface area contributed by atoms with Crippen LogP contribution in [0.25, 0.3) is 0 Å². The molecule has 2 aliphatic rings. The molecule has 2 fully saturated rings. The first-order valence-corrected chi connectivity index (χ1v) is 7.30. The van der Waals surface area contributed by atoms with Crippen LogP contribution >= 0.6 is 0 Å². The summed E-state index contributed by atoms with van der Waals surface area (Å²) in [7, 11) is 0. The van der Waals surface area contributed by atoms with Crippen molar-refractivity contribution in [3.05, 3.63) is 29.3 Å². The Bertz CT molecular complexity index is 477. The zero-order chi connectivity index (χ0) is 14.3. The van der Waals surface area contributed by atoms with Gasteiger partial charge < -0.3 is 16.0 Å². The van der Waals surface area contributed by atoms with Crippen LogP contribution < -0.4 is 16.0 Å². The van der Waals surface area contributed by atoms with Crippen molar-refractivity contribution in [3.8, 4) is 0 Å². The zero-order valence-electron chi connectivity index (χ0n) is 11.7. The van der Waals surface area contributed by atoms with Gasteiger partial charge in [0.05, 0.1) is 0 Å². The molecule has 2 saturated heterocycles. The van der Waals surface area contributed by atoms with Crippen LogP contribution in [0.2, 0.25) is 0 Å². The van der Waals surface area contributed by atoms with Gasteiger partial charge in [-0.15, -0.1) is 0 Å². The molecule has 0 aromatic heterocycles. The molecule has 2 heterocycles. The van der Waals surface area contributed by atoms with Crippen molar-refractivity contribution in [1.29, 1.82) is 0 Å². The van der Waals surface area contributed by atoms with Gasteiger partial charge in [-0.25, -0.2) is 8.78 Å². The van der Waals surface area contributed by atoms with Gasteiger partial charge in [0.25, 0.3) is 0 Å². The fourth-order valence-corrected chi connectivity index (χ4v) is 3.20. The SMILES string of the molecule is C[C@@H]1[C@@H](N)CN1c1cc(F)c(C2CCCNC2)c(F)c1. The Morgan fingerprint density at radius 2 is 2.00 bits per heavy atom. The topological polar surface area (TPSA) is 41.3 Å². The van der Waals surface area contributed by atoms with Crippen molar-refractivity contribution in [2.75, 3.05) is 24.5 Å². The van der Waals surface area contributed by atoms with Crippen molar-refractivity contribution in [3.63, 3.8) is 0 Å². The lowest BCUT2D eigenvalue weighted by Crippen LogP contribution is -2.63. The number of halogens is 2. The molecule has 0 radical (unpaired) electrons. The van der Waals surface area contributed by atoms with E-state index in [4.69, 9.17) is 5.73 Å². The van der Waals surface area contributed by atoms with Gasteiger partial charge in [-0.3, -0.25) is 0 Å². The summed E-state index contributed by atoms with van der Waals surface area (Å²) in [6, 6.07) is 3.13. The number of benzene rings is 1. The van der Waals surface area contributed by atoms with Crippen LogP contribution in [-0.2, 0) is 0 Å². The average Bonchev–Trinajstić information content (AvgIpc) is 2.44. The molecule has 0 saturated carbocycles. The number of rotatable bonds is 2. The van der Waals surface area contributed by atoms with Gasteiger partial charge in [0.1, 0.15) is 11.6 Å². The lowest BCUT2D eigenvalue weighted by atomic mass is 9.90. The molecule has 0 aliphatic carbocycles. The maximum absolute atomic E-state index is 14.3. The average molecular weight is 281 g/mol. The highest BCUT2D eigenvalue weighted by atomic mass is 19.1. The maximum atomic E-state index is 14.3. The molecule has 0 amide bonds. The van der Waals surface area contributed by atoms with E-state index in [1.54, 1.807) is 0 Å². The molecule has 2 aliphatic heterocycles. The minimum atomic E-state index is -0.429. The first kappa shape index (κ1) is 13.8. The monoisotopic (exact) mass is 281 g/mol. The molecule has 3 nitrogen and oxygen atoms in total. The van der Waals surface area contributed by atoms with E-state index in [9.17, 15) is 8.78 Å². The Labute approximate surface area is 118 Å². The van der Waals surface area contributed by atoms with E-state index in [0.717, 1.165) is 19.4 Å². The van der Waals surface area contributed by atoms with E-state index in [2.05, 4.69) is 5.32 Å². The molecular formula is C15H21F2N3. The third-order valence-electron chi connectivity index (χ3n) is 4.62. The van der Waals surface area contributed by atoms with Crippen LogP contribution in [0.15, 0.2) is 12.1 Å². The highest BCUT2D eigenvalue weighted by molar-refractivity contribution is 5.53. The molecule has 3 atom stereocenters. The summed E-state index contributed by atoms with van der Waals surface area (Å²) in [4.78, 5) is 1.94. The quantitative estimate of drug-likeness (QED) is 0.871. The van der Waals surface area contributed by atoms with Crippen LogP contribution in [0.3, 0.4) is 0 Å². The van der Waals surface area contributed by atoms with E-state index >= 15 is 0 Å². The number of anilines is 1. The van der Waals surface area contributed by atoms with Crippen molar-refractivity contribution in [2.24, 2.45) is 5.73 Å². The minimum Gasteiger partial charge on any atom is -0.365 e. The summed E-state index contributed by atoms with van der Waals surface area (Å²) < 4.78 is 28.6. The van der Waals surface area contributed by atoms with Crippen LogP contribution in [0, 0.1) is 11.6 Å². The molecular weight excluding hydrogens is 260 g/mol.